The Morgan fingerprint density at radius 2 is 1.65 bits per heavy atom. The molecule has 2 atom stereocenters. The molecule has 164 valence electrons. The molecule has 0 aliphatic heterocycles. The number of imide groups is 1. The van der Waals surface area contributed by atoms with Crippen LogP contribution in [-0.2, 0) is 4.79 Å². The second-order valence-electron chi connectivity index (χ2n) is 10.0. The molecule has 6 nitrogen and oxygen atoms in total. The Morgan fingerprint density at radius 1 is 1.00 bits per heavy atom. The predicted octanol–water partition coefficient (Wildman–Crippen LogP) is 3.12. The molecule has 0 unspecified atom stereocenters. The SMILES string of the molecule is C[C@H]([NH2+][C@H](c1ccccc1)c1ccco1)C(=O)NC(=O)NC12CC3CC(CC(C3)C1)C2. The molecule has 3 amide bonds. The number of rotatable bonds is 6. The number of quaternary nitrogens is 1. The first-order valence-corrected chi connectivity index (χ1v) is 11.6. The van der Waals surface area contributed by atoms with Crippen LogP contribution in [-0.4, -0.2) is 23.5 Å². The van der Waals surface area contributed by atoms with Crippen molar-refractivity contribution in [2.24, 2.45) is 17.8 Å². The lowest BCUT2D eigenvalue weighted by molar-refractivity contribution is -0.706. The molecule has 4 fully saturated rings. The van der Waals surface area contributed by atoms with Gasteiger partial charge in [-0.25, -0.2) is 4.79 Å². The lowest BCUT2D eigenvalue weighted by Gasteiger charge is -2.56. The number of nitrogens with one attached hydrogen (secondary N) is 2. The number of furan rings is 1. The summed E-state index contributed by atoms with van der Waals surface area (Å²) in [7, 11) is 0. The Hall–Kier alpha value is -2.60. The second-order valence-corrected chi connectivity index (χ2v) is 10.0. The number of urea groups is 1. The van der Waals surface area contributed by atoms with E-state index in [1.54, 1.807) is 6.26 Å². The van der Waals surface area contributed by atoms with E-state index < -0.39 is 6.04 Å². The van der Waals surface area contributed by atoms with Gasteiger partial charge in [-0.15, -0.1) is 0 Å². The summed E-state index contributed by atoms with van der Waals surface area (Å²) < 4.78 is 5.63. The zero-order valence-electron chi connectivity index (χ0n) is 18.1. The Balaban J connectivity index is 1.21. The normalized spacial score (nSPS) is 30.5. The van der Waals surface area contributed by atoms with Crippen molar-refractivity contribution in [1.82, 2.24) is 10.6 Å². The van der Waals surface area contributed by atoms with Crippen molar-refractivity contribution < 1.29 is 19.3 Å². The quantitative estimate of drug-likeness (QED) is 0.668. The summed E-state index contributed by atoms with van der Waals surface area (Å²) in [5.74, 6) is 2.73. The third kappa shape index (κ3) is 4.26. The molecule has 0 spiro atoms. The van der Waals surface area contributed by atoms with Crippen LogP contribution in [0.25, 0.3) is 0 Å². The summed E-state index contributed by atoms with van der Waals surface area (Å²) in [5, 5.41) is 7.77. The number of carbonyl (C=O) groups excluding carboxylic acids is 2. The maximum Gasteiger partial charge on any atom is 0.322 e. The fraction of sp³-hybridized carbons (Fsp3) is 0.520. The fourth-order valence-electron chi connectivity index (χ4n) is 6.64. The van der Waals surface area contributed by atoms with E-state index in [1.165, 1.54) is 19.3 Å². The molecule has 4 aliphatic carbocycles. The Morgan fingerprint density at radius 3 is 2.23 bits per heavy atom. The molecule has 1 aromatic carbocycles. The van der Waals surface area contributed by atoms with Crippen LogP contribution >= 0.6 is 0 Å². The van der Waals surface area contributed by atoms with E-state index in [0.29, 0.717) is 0 Å². The Kier molecular flexibility index (Phi) is 5.34. The van der Waals surface area contributed by atoms with Crippen molar-refractivity contribution >= 4 is 11.9 Å². The molecule has 1 heterocycles. The van der Waals surface area contributed by atoms with E-state index in [-0.39, 0.29) is 23.5 Å². The van der Waals surface area contributed by atoms with Gasteiger partial charge in [-0.1, -0.05) is 30.3 Å². The molecule has 4 bridgehead atoms. The van der Waals surface area contributed by atoms with E-state index in [4.69, 9.17) is 4.42 Å². The summed E-state index contributed by atoms with van der Waals surface area (Å²) in [6, 6.07) is 12.8. The van der Waals surface area contributed by atoms with Crippen LogP contribution < -0.4 is 16.0 Å². The molecule has 31 heavy (non-hydrogen) atoms. The fourth-order valence-corrected chi connectivity index (χ4v) is 6.64. The van der Waals surface area contributed by atoms with Gasteiger partial charge in [-0.2, -0.15) is 0 Å². The van der Waals surface area contributed by atoms with Gasteiger partial charge in [-0.05, 0) is 75.3 Å². The number of amides is 3. The Bertz CT molecular complexity index is 889. The number of hydrogen-bond donors (Lipinski definition) is 3. The number of hydrogen-bond acceptors (Lipinski definition) is 3. The minimum atomic E-state index is -0.447. The summed E-state index contributed by atoms with van der Waals surface area (Å²) in [6.07, 6.45) is 8.80. The monoisotopic (exact) mass is 422 g/mol. The molecule has 1 aromatic heterocycles. The molecule has 0 radical (unpaired) electrons. The van der Waals surface area contributed by atoms with Crippen LogP contribution in [0.15, 0.2) is 53.1 Å². The third-order valence-corrected chi connectivity index (χ3v) is 7.56. The first kappa shape index (κ1) is 20.3. The number of nitrogens with two attached hydrogens (primary N) is 1. The Labute approximate surface area is 183 Å². The summed E-state index contributed by atoms with van der Waals surface area (Å²) in [5.41, 5.74) is 0.947. The first-order chi connectivity index (χ1) is 15.0. The van der Waals surface area contributed by atoms with Gasteiger partial charge in [-0.3, -0.25) is 10.1 Å². The zero-order chi connectivity index (χ0) is 21.4. The van der Waals surface area contributed by atoms with Gasteiger partial charge in [0.05, 0.1) is 6.26 Å². The highest BCUT2D eigenvalue weighted by atomic mass is 16.3. The molecule has 6 heteroatoms. The summed E-state index contributed by atoms with van der Waals surface area (Å²) in [4.78, 5) is 25.6. The van der Waals surface area contributed by atoms with Gasteiger partial charge in [0.25, 0.3) is 5.91 Å². The largest absolute Gasteiger partial charge is 0.463 e. The average molecular weight is 423 g/mol. The maximum atomic E-state index is 12.8. The molecule has 4 N–H and O–H groups in total. The van der Waals surface area contributed by atoms with Gasteiger partial charge >= 0.3 is 6.03 Å². The molecule has 2 aromatic rings. The van der Waals surface area contributed by atoms with Crippen molar-refractivity contribution in [3.8, 4) is 0 Å². The third-order valence-electron chi connectivity index (χ3n) is 7.56. The van der Waals surface area contributed by atoms with E-state index in [0.717, 1.165) is 48.3 Å². The van der Waals surface area contributed by atoms with Crippen LogP contribution in [0.3, 0.4) is 0 Å². The standard InChI is InChI=1S/C25H31N3O3/c1-16(26-22(21-8-5-9-31-21)20-6-3-2-4-7-20)23(29)27-24(30)28-25-13-17-10-18(14-25)12-19(11-17)15-25/h2-9,16-19,22,26H,10-15H2,1H3,(H2,27,28,29,30)/p+1/t16-,17?,18?,19?,22+,25?/m0/s1. The minimum absolute atomic E-state index is 0.104. The van der Waals surface area contributed by atoms with Crippen LogP contribution in [0.5, 0.6) is 0 Å². The van der Waals surface area contributed by atoms with E-state index in [9.17, 15) is 9.59 Å². The van der Waals surface area contributed by atoms with Gasteiger partial charge in [0.2, 0.25) is 0 Å². The van der Waals surface area contributed by atoms with Crippen molar-refractivity contribution in [2.75, 3.05) is 0 Å². The zero-order valence-corrected chi connectivity index (χ0v) is 18.1. The van der Waals surface area contributed by atoms with Crippen molar-refractivity contribution in [2.45, 2.75) is 63.1 Å². The van der Waals surface area contributed by atoms with E-state index >= 15 is 0 Å². The van der Waals surface area contributed by atoms with Gasteiger partial charge < -0.3 is 15.1 Å². The second kappa shape index (κ2) is 8.15. The van der Waals surface area contributed by atoms with Crippen molar-refractivity contribution in [1.29, 1.82) is 0 Å². The smallest absolute Gasteiger partial charge is 0.322 e. The van der Waals surface area contributed by atoms with Crippen LogP contribution in [0.2, 0.25) is 0 Å². The van der Waals surface area contributed by atoms with Crippen LogP contribution in [0.1, 0.15) is 62.8 Å². The molecular weight excluding hydrogens is 390 g/mol. The van der Waals surface area contributed by atoms with E-state index in [1.807, 2.05) is 54.7 Å². The highest BCUT2D eigenvalue weighted by Crippen LogP contribution is 2.55. The van der Waals surface area contributed by atoms with Crippen molar-refractivity contribution in [3.63, 3.8) is 0 Å². The van der Waals surface area contributed by atoms with Gasteiger partial charge in [0.15, 0.2) is 17.8 Å². The minimum Gasteiger partial charge on any atom is -0.463 e. The summed E-state index contributed by atoms with van der Waals surface area (Å²) >= 11 is 0. The summed E-state index contributed by atoms with van der Waals surface area (Å²) in [6.45, 7) is 1.83. The van der Waals surface area contributed by atoms with E-state index in [2.05, 4.69) is 10.6 Å². The van der Waals surface area contributed by atoms with Crippen molar-refractivity contribution in [3.05, 3.63) is 60.1 Å². The topological polar surface area (TPSA) is 88.0 Å². The van der Waals surface area contributed by atoms with Gasteiger partial charge in [0, 0.05) is 11.1 Å². The lowest BCUT2D eigenvalue weighted by atomic mass is 9.53. The molecular formula is C25H32N3O3+. The first-order valence-electron chi connectivity index (χ1n) is 11.6. The predicted molar refractivity (Wildman–Crippen MR) is 116 cm³/mol. The maximum absolute atomic E-state index is 12.8. The number of carbonyl (C=O) groups is 2. The lowest BCUT2D eigenvalue weighted by Crippen LogP contribution is -2.93. The van der Waals surface area contributed by atoms with Crippen LogP contribution in [0.4, 0.5) is 4.79 Å². The number of benzene rings is 1. The molecule has 6 rings (SSSR count). The molecule has 0 saturated heterocycles. The average Bonchev–Trinajstić information content (AvgIpc) is 3.25. The molecule has 4 aliphatic rings. The van der Waals surface area contributed by atoms with Crippen LogP contribution in [0, 0.1) is 17.8 Å². The van der Waals surface area contributed by atoms with Gasteiger partial charge in [0.1, 0.15) is 0 Å². The highest BCUT2D eigenvalue weighted by Gasteiger charge is 2.51. The highest BCUT2D eigenvalue weighted by molar-refractivity contribution is 5.96. The molecule has 4 saturated carbocycles.